The molecular weight excluding hydrogens is 258 g/mol. The summed E-state index contributed by atoms with van der Waals surface area (Å²) in [7, 11) is 0. The molecule has 1 aliphatic heterocycles. The highest BCUT2D eigenvalue weighted by Crippen LogP contribution is 2.36. The van der Waals surface area contributed by atoms with Crippen molar-refractivity contribution in [2.24, 2.45) is 11.3 Å². The van der Waals surface area contributed by atoms with Crippen molar-refractivity contribution < 1.29 is 4.74 Å². The molecule has 0 radical (unpaired) electrons. The van der Waals surface area contributed by atoms with Gasteiger partial charge in [0.2, 0.25) is 0 Å². The molecule has 0 amide bonds. The fraction of sp³-hybridized carbons (Fsp3) is 0.684. The first-order valence-electron chi connectivity index (χ1n) is 8.20. The van der Waals surface area contributed by atoms with E-state index in [9.17, 15) is 0 Å². The standard InChI is InChI=1S/C19H31NO/c1-18(2,3)14-19(4,5)16-6-8-17(9-7-16)21-13-15-10-11-20-12-15/h6-9,15,20H,10-14H2,1-5H3/t15-/m0/s1. The Bertz CT molecular complexity index is 436. The minimum absolute atomic E-state index is 0.201. The highest BCUT2D eigenvalue weighted by Gasteiger charge is 2.27. The van der Waals surface area contributed by atoms with Crippen LogP contribution in [0.4, 0.5) is 0 Å². The molecule has 118 valence electrons. The van der Waals surface area contributed by atoms with Gasteiger partial charge in [-0.1, -0.05) is 46.8 Å². The molecule has 1 atom stereocenters. The third kappa shape index (κ3) is 5.03. The lowest BCUT2D eigenvalue weighted by molar-refractivity contribution is 0.259. The Kier molecular flexibility index (Phi) is 4.98. The molecule has 1 heterocycles. The van der Waals surface area contributed by atoms with Gasteiger partial charge in [0, 0.05) is 12.5 Å². The number of ether oxygens (including phenoxy) is 1. The van der Waals surface area contributed by atoms with Crippen molar-refractivity contribution in [3.63, 3.8) is 0 Å². The summed E-state index contributed by atoms with van der Waals surface area (Å²) >= 11 is 0. The third-order valence-electron chi connectivity index (χ3n) is 4.26. The second-order valence-electron chi connectivity index (χ2n) is 8.32. The quantitative estimate of drug-likeness (QED) is 0.868. The van der Waals surface area contributed by atoms with Gasteiger partial charge in [-0.05, 0) is 47.9 Å². The van der Waals surface area contributed by atoms with Gasteiger partial charge < -0.3 is 10.1 Å². The summed E-state index contributed by atoms with van der Waals surface area (Å²) in [4.78, 5) is 0. The van der Waals surface area contributed by atoms with E-state index in [-0.39, 0.29) is 5.41 Å². The van der Waals surface area contributed by atoms with Crippen molar-refractivity contribution >= 4 is 0 Å². The lowest BCUT2D eigenvalue weighted by Crippen LogP contribution is -2.24. The van der Waals surface area contributed by atoms with Crippen LogP contribution in [0.2, 0.25) is 0 Å². The predicted molar refractivity (Wildman–Crippen MR) is 90.0 cm³/mol. The maximum absolute atomic E-state index is 5.92. The predicted octanol–water partition coefficient (Wildman–Crippen LogP) is 4.39. The zero-order chi connectivity index (χ0) is 15.5. The van der Waals surface area contributed by atoms with Crippen LogP contribution < -0.4 is 10.1 Å². The van der Waals surface area contributed by atoms with E-state index in [1.54, 1.807) is 0 Å². The number of nitrogens with one attached hydrogen (secondary N) is 1. The molecule has 0 bridgehead atoms. The number of rotatable bonds is 5. The number of hydrogen-bond donors (Lipinski definition) is 1. The second kappa shape index (κ2) is 6.39. The second-order valence-corrected chi connectivity index (χ2v) is 8.32. The summed E-state index contributed by atoms with van der Waals surface area (Å²) in [5.41, 5.74) is 1.94. The Morgan fingerprint density at radius 2 is 1.76 bits per heavy atom. The minimum Gasteiger partial charge on any atom is -0.493 e. The van der Waals surface area contributed by atoms with E-state index in [0.717, 1.165) is 25.4 Å². The molecule has 1 N–H and O–H groups in total. The van der Waals surface area contributed by atoms with Gasteiger partial charge >= 0.3 is 0 Å². The SMILES string of the molecule is CC(C)(C)CC(C)(C)c1ccc(OC[C@H]2CCNC2)cc1. The Balaban J connectivity index is 1.94. The maximum atomic E-state index is 5.92. The van der Waals surface area contributed by atoms with Gasteiger partial charge in [-0.25, -0.2) is 0 Å². The van der Waals surface area contributed by atoms with Gasteiger partial charge in [-0.2, -0.15) is 0 Å². The molecular formula is C19H31NO. The van der Waals surface area contributed by atoms with Crippen molar-refractivity contribution in [3.05, 3.63) is 29.8 Å². The van der Waals surface area contributed by atoms with Crippen molar-refractivity contribution in [1.29, 1.82) is 0 Å². The van der Waals surface area contributed by atoms with Crippen molar-refractivity contribution in [2.75, 3.05) is 19.7 Å². The first-order chi connectivity index (χ1) is 9.76. The van der Waals surface area contributed by atoms with Crippen LogP contribution in [0.3, 0.4) is 0 Å². The number of benzene rings is 1. The van der Waals surface area contributed by atoms with Gasteiger partial charge in [0.15, 0.2) is 0 Å². The molecule has 1 aromatic carbocycles. The lowest BCUT2D eigenvalue weighted by Gasteiger charge is -2.33. The van der Waals surface area contributed by atoms with Crippen molar-refractivity contribution in [3.8, 4) is 5.75 Å². The van der Waals surface area contributed by atoms with Crippen LogP contribution in [0.15, 0.2) is 24.3 Å². The van der Waals surface area contributed by atoms with E-state index in [2.05, 4.69) is 64.2 Å². The molecule has 0 saturated carbocycles. The molecule has 2 rings (SSSR count). The molecule has 0 aliphatic carbocycles. The fourth-order valence-corrected chi connectivity index (χ4v) is 3.50. The van der Waals surface area contributed by atoms with Crippen LogP contribution in [0, 0.1) is 11.3 Å². The van der Waals surface area contributed by atoms with Crippen LogP contribution >= 0.6 is 0 Å². The monoisotopic (exact) mass is 289 g/mol. The summed E-state index contributed by atoms with van der Waals surface area (Å²) in [6.07, 6.45) is 2.41. The van der Waals surface area contributed by atoms with Gasteiger partial charge in [0.1, 0.15) is 5.75 Å². The zero-order valence-electron chi connectivity index (χ0n) is 14.3. The smallest absolute Gasteiger partial charge is 0.119 e. The average Bonchev–Trinajstić information content (AvgIpc) is 2.87. The first kappa shape index (κ1) is 16.4. The number of hydrogen-bond acceptors (Lipinski definition) is 2. The van der Waals surface area contributed by atoms with E-state index < -0.39 is 0 Å². The molecule has 1 saturated heterocycles. The Morgan fingerprint density at radius 3 is 2.29 bits per heavy atom. The molecule has 0 unspecified atom stereocenters. The summed E-state index contributed by atoms with van der Waals surface area (Å²) in [5, 5.41) is 3.38. The van der Waals surface area contributed by atoms with E-state index in [0.29, 0.717) is 11.3 Å². The summed E-state index contributed by atoms with van der Waals surface area (Å²) in [5.74, 6) is 1.67. The molecule has 1 aliphatic rings. The highest BCUT2D eigenvalue weighted by molar-refractivity contribution is 5.31. The van der Waals surface area contributed by atoms with E-state index in [1.807, 2.05) is 0 Å². The summed E-state index contributed by atoms with van der Waals surface area (Å²) < 4.78 is 5.92. The highest BCUT2D eigenvalue weighted by atomic mass is 16.5. The molecule has 21 heavy (non-hydrogen) atoms. The lowest BCUT2D eigenvalue weighted by atomic mass is 9.72. The van der Waals surface area contributed by atoms with E-state index >= 15 is 0 Å². The maximum Gasteiger partial charge on any atom is 0.119 e. The Hall–Kier alpha value is -1.02. The van der Waals surface area contributed by atoms with Crippen molar-refractivity contribution in [2.45, 2.75) is 52.9 Å². The van der Waals surface area contributed by atoms with Crippen molar-refractivity contribution in [1.82, 2.24) is 5.32 Å². The van der Waals surface area contributed by atoms with Gasteiger partial charge in [-0.3, -0.25) is 0 Å². The zero-order valence-corrected chi connectivity index (χ0v) is 14.3. The van der Waals surface area contributed by atoms with Crippen LogP contribution in [0.25, 0.3) is 0 Å². The van der Waals surface area contributed by atoms with Crippen LogP contribution in [0.1, 0.15) is 53.0 Å². The molecule has 0 spiro atoms. The Morgan fingerprint density at radius 1 is 1.10 bits per heavy atom. The molecule has 1 fully saturated rings. The third-order valence-corrected chi connectivity index (χ3v) is 4.26. The van der Waals surface area contributed by atoms with Gasteiger partial charge in [0.05, 0.1) is 6.61 Å². The van der Waals surface area contributed by atoms with E-state index in [1.165, 1.54) is 18.4 Å². The fourth-order valence-electron chi connectivity index (χ4n) is 3.50. The molecule has 2 heteroatoms. The average molecular weight is 289 g/mol. The van der Waals surface area contributed by atoms with Gasteiger partial charge in [0.25, 0.3) is 0 Å². The molecule has 2 nitrogen and oxygen atoms in total. The Labute approximate surface area is 130 Å². The summed E-state index contributed by atoms with van der Waals surface area (Å²) in [6, 6.07) is 8.71. The normalized spacial score (nSPS) is 19.8. The van der Waals surface area contributed by atoms with Crippen LogP contribution in [0.5, 0.6) is 5.75 Å². The van der Waals surface area contributed by atoms with Crippen LogP contribution in [-0.2, 0) is 5.41 Å². The summed E-state index contributed by atoms with van der Waals surface area (Å²) in [6.45, 7) is 14.6. The van der Waals surface area contributed by atoms with E-state index in [4.69, 9.17) is 4.74 Å². The topological polar surface area (TPSA) is 21.3 Å². The first-order valence-corrected chi connectivity index (χ1v) is 8.20. The van der Waals surface area contributed by atoms with Crippen LogP contribution in [-0.4, -0.2) is 19.7 Å². The largest absolute Gasteiger partial charge is 0.493 e. The molecule has 1 aromatic rings. The van der Waals surface area contributed by atoms with Gasteiger partial charge in [-0.15, -0.1) is 0 Å². The minimum atomic E-state index is 0.201. The molecule has 0 aromatic heterocycles.